The minimum atomic E-state index is 0.345. The van der Waals surface area contributed by atoms with Gasteiger partial charge in [-0.25, -0.2) is 0 Å². The fourth-order valence-corrected chi connectivity index (χ4v) is 2.76. The van der Waals surface area contributed by atoms with Crippen LogP contribution in [-0.4, -0.2) is 31.2 Å². The Morgan fingerprint density at radius 3 is 2.61 bits per heavy atom. The lowest BCUT2D eigenvalue weighted by Crippen LogP contribution is -2.07. The first-order valence-corrected chi connectivity index (χ1v) is 6.89. The Kier molecular flexibility index (Phi) is 4.24. The molecule has 98 valence electrons. The van der Waals surface area contributed by atoms with Crippen LogP contribution in [0.2, 0.25) is 5.02 Å². The Morgan fingerprint density at radius 1 is 1.33 bits per heavy atom. The molecule has 0 fully saturated rings. The van der Waals surface area contributed by atoms with Gasteiger partial charge in [-0.15, -0.1) is 0 Å². The van der Waals surface area contributed by atoms with Crippen molar-refractivity contribution in [2.24, 2.45) is 4.99 Å². The van der Waals surface area contributed by atoms with E-state index in [-0.39, 0.29) is 0 Å². The molecule has 0 saturated heterocycles. The van der Waals surface area contributed by atoms with E-state index < -0.39 is 0 Å². The van der Waals surface area contributed by atoms with Gasteiger partial charge in [-0.1, -0.05) is 23.4 Å². The maximum atomic E-state index is 6.05. The topological polar surface area (TPSA) is 42.8 Å². The van der Waals surface area contributed by atoms with Gasteiger partial charge in [0.15, 0.2) is 5.17 Å². The van der Waals surface area contributed by atoms with Crippen LogP contribution >= 0.6 is 23.4 Å². The summed E-state index contributed by atoms with van der Waals surface area (Å²) in [6, 6.07) is 3.89. The highest BCUT2D eigenvalue weighted by molar-refractivity contribution is 8.14. The van der Waals surface area contributed by atoms with Gasteiger partial charge in [0, 0.05) is 17.9 Å². The van der Waals surface area contributed by atoms with Gasteiger partial charge in [-0.3, -0.25) is 4.99 Å². The van der Waals surface area contributed by atoms with Gasteiger partial charge in [0.2, 0.25) is 0 Å². The molecule has 0 aromatic heterocycles. The Labute approximate surface area is 116 Å². The Hall–Kier alpha value is -1.07. The predicted octanol–water partition coefficient (Wildman–Crippen LogP) is 3.26. The zero-order valence-corrected chi connectivity index (χ0v) is 12.1. The lowest BCUT2D eigenvalue weighted by atomic mass is 10.2. The number of anilines is 1. The van der Waals surface area contributed by atoms with Crippen LogP contribution in [0.1, 0.15) is 6.92 Å². The maximum Gasteiger partial charge on any atom is 0.161 e. The number of methoxy groups -OCH3 is 2. The molecule has 1 aliphatic heterocycles. The average Bonchev–Trinajstić information content (AvgIpc) is 2.76. The molecule has 1 unspecified atom stereocenters. The van der Waals surface area contributed by atoms with Crippen LogP contribution in [0, 0.1) is 0 Å². The van der Waals surface area contributed by atoms with Crippen LogP contribution in [0.15, 0.2) is 17.1 Å². The Bertz CT molecular complexity index is 479. The first-order valence-electron chi connectivity index (χ1n) is 5.53. The molecule has 18 heavy (non-hydrogen) atoms. The molecule has 0 amide bonds. The third-order valence-corrected chi connectivity index (χ3v) is 3.94. The second kappa shape index (κ2) is 5.71. The van der Waals surface area contributed by atoms with Crippen molar-refractivity contribution in [3.8, 4) is 11.5 Å². The number of hydrogen-bond donors (Lipinski definition) is 1. The van der Waals surface area contributed by atoms with E-state index in [4.69, 9.17) is 21.1 Å². The van der Waals surface area contributed by atoms with Crippen molar-refractivity contribution in [1.82, 2.24) is 0 Å². The molecule has 2 rings (SSSR count). The number of benzene rings is 1. The van der Waals surface area contributed by atoms with Gasteiger partial charge in [0.05, 0.1) is 31.0 Å². The number of ether oxygens (including phenoxy) is 2. The molecule has 0 saturated carbocycles. The van der Waals surface area contributed by atoms with Gasteiger partial charge in [-0.2, -0.15) is 0 Å². The average molecular weight is 287 g/mol. The minimum absolute atomic E-state index is 0.345. The van der Waals surface area contributed by atoms with Gasteiger partial charge in [0.25, 0.3) is 0 Å². The van der Waals surface area contributed by atoms with Crippen molar-refractivity contribution in [3.05, 3.63) is 17.2 Å². The smallest absolute Gasteiger partial charge is 0.161 e. The number of aliphatic imine (C=N–C) groups is 1. The first-order chi connectivity index (χ1) is 8.63. The SMILES string of the molecule is COc1cc(NC2=NC(C)CS2)c(OC)cc1Cl. The van der Waals surface area contributed by atoms with Crippen LogP contribution < -0.4 is 14.8 Å². The van der Waals surface area contributed by atoms with Crippen molar-refractivity contribution in [1.29, 1.82) is 0 Å². The summed E-state index contributed by atoms with van der Waals surface area (Å²) in [6.07, 6.45) is 0. The number of amidine groups is 1. The van der Waals surface area contributed by atoms with Crippen molar-refractivity contribution in [3.63, 3.8) is 0 Å². The summed E-state index contributed by atoms with van der Waals surface area (Å²) in [5, 5.41) is 4.66. The molecule has 0 spiro atoms. The lowest BCUT2D eigenvalue weighted by molar-refractivity contribution is 0.405. The highest BCUT2D eigenvalue weighted by atomic mass is 35.5. The van der Waals surface area contributed by atoms with Crippen molar-refractivity contribution in [2.45, 2.75) is 13.0 Å². The lowest BCUT2D eigenvalue weighted by Gasteiger charge is -2.13. The van der Waals surface area contributed by atoms with Crippen LogP contribution in [-0.2, 0) is 0 Å². The first kappa shape index (κ1) is 13.4. The third-order valence-electron chi connectivity index (χ3n) is 2.51. The van der Waals surface area contributed by atoms with Crippen LogP contribution in [0.3, 0.4) is 0 Å². The number of nitrogens with zero attached hydrogens (tertiary/aromatic N) is 1. The van der Waals surface area contributed by atoms with E-state index in [0.29, 0.717) is 22.6 Å². The number of rotatable bonds is 3. The molecule has 1 aromatic rings. The molecule has 1 atom stereocenters. The molecule has 4 nitrogen and oxygen atoms in total. The normalized spacial score (nSPS) is 18.4. The largest absolute Gasteiger partial charge is 0.495 e. The van der Waals surface area contributed by atoms with E-state index in [1.807, 2.05) is 6.07 Å². The Morgan fingerprint density at radius 2 is 2.06 bits per heavy atom. The predicted molar refractivity (Wildman–Crippen MR) is 77.5 cm³/mol. The van der Waals surface area contributed by atoms with Crippen LogP contribution in [0.4, 0.5) is 5.69 Å². The summed E-state index contributed by atoms with van der Waals surface area (Å²) in [4.78, 5) is 4.48. The second-order valence-corrected chi connectivity index (χ2v) is 5.32. The summed E-state index contributed by atoms with van der Waals surface area (Å²) in [6.45, 7) is 2.08. The number of halogens is 1. The molecule has 0 bridgehead atoms. The van der Waals surface area contributed by atoms with Gasteiger partial charge < -0.3 is 14.8 Å². The minimum Gasteiger partial charge on any atom is -0.495 e. The molecule has 6 heteroatoms. The zero-order chi connectivity index (χ0) is 13.1. The summed E-state index contributed by atoms with van der Waals surface area (Å²) < 4.78 is 10.5. The highest BCUT2D eigenvalue weighted by Gasteiger charge is 2.17. The van der Waals surface area contributed by atoms with E-state index in [9.17, 15) is 0 Å². The summed E-state index contributed by atoms with van der Waals surface area (Å²) in [5.41, 5.74) is 0.805. The van der Waals surface area contributed by atoms with Gasteiger partial charge in [-0.05, 0) is 6.92 Å². The summed E-state index contributed by atoms with van der Waals surface area (Å²) in [5.74, 6) is 2.27. The van der Waals surface area contributed by atoms with Crippen LogP contribution in [0.5, 0.6) is 11.5 Å². The van der Waals surface area contributed by atoms with E-state index in [1.54, 1.807) is 32.0 Å². The highest BCUT2D eigenvalue weighted by Crippen LogP contribution is 2.36. The van der Waals surface area contributed by atoms with E-state index in [0.717, 1.165) is 16.6 Å². The summed E-state index contributed by atoms with van der Waals surface area (Å²) in [7, 11) is 3.19. The van der Waals surface area contributed by atoms with Crippen molar-refractivity contribution in [2.75, 3.05) is 25.3 Å². The molecule has 0 aliphatic carbocycles. The van der Waals surface area contributed by atoms with Crippen LogP contribution in [0.25, 0.3) is 0 Å². The third kappa shape index (κ3) is 2.84. The number of nitrogens with one attached hydrogen (secondary N) is 1. The van der Waals surface area contributed by atoms with E-state index >= 15 is 0 Å². The molecular formula is C12H15ClN2O2S. The quantitative estimate of drug-likeness (QED) is 0.926. The van der Waals surface area contributed by atoms with Gasteiger partial charge in [0.1, 0.15) is 11.5 Å². The van der Waals surface area contributed by atoms with E-state index in [2.05, 4.69) is 17.2 Å². The Balaban J connectivity index is 2.28. The molecule has 1 aliphatic rings. The van der Waals surface area contributed by atoms with Crippen molar-refractivity contribution < 1.29 is 9.47 Å². The molecule has 1 aromatic carbocycles. The fourth-order valence-electron chi connectivity index (χ4n) is 1.62. The standard InChI is InChI=1S/C12H15ClN2O2S/c1-7-6-18-12(14-7)15-9-5-10(16-2)8(13)4-11(9)17-3/h4-5,7H,6H2,1-3H3,(H,14,15). The monoisotopic (exact) mass is 286 g/mol. The zero-order valence-electron chi connectivity index (χ0n) is 10.5. The van der Waals surface area contributed by atoms with Crippen molar-refractivity contribution >= 4 is 34.2 Å². The number of hydrogen-bond acceptors (Lipinski definition) is 5. The number of thioether (sulfide) groups is 1. The van der Waals surface area contributed by atoms with E-state index in [1.165, 1.54) is 0 Å². The molecular weight excluding hydrogens is 272 g/mol. The second-order valence-electron chi connectivity index (χ2n) is 3.91. The maximum absolute atomic E-state index is 6.05. The van der Waals surface area contributed by atoms with Gasteiger partial charge >= 0.3 is 0 Å². The molecule has 1 heterocycles. The fraction of sp³-hybridized carbons (Fsp3) is 0.417. The molecule has 0 radical (unpaired) electrons. The molecule has 1 N–H and O–H groups in total. The summed E-state index contributed by atoms with van der Waals surface area (Å²) >= 11 is 7.74.